The summed E-state index contributed by atoms with van der Waals surface area (Å²) in [4.78, 5) is 43.3. The van der Waals surface area contributed by atoms with Crippen LogP contribution >= 0.6 is 0 Å². The van der Waals surface area contributed by atoms with Gasteiger partial charge >= 0.3 is 0 Å². The van der Waals surface area contributed by atoms with Gasteiger partial charge in [0.25, 0.3) is 17.6 Å². The predicted molar refractivity (Wildman–Crippen MR) is 118 cm³/mol. The molecule has 2 saturated heterocycles. The van der Waals surface area contributed by atoms with E-state index in [0.29, 0.717) is 23.4 Å². The highest BCUT2D eigenvalue weighted by Gasteiger charge is 2.66. The predicted octanol–water partition coefficient (Wildman–Crippen LogP) is 2.73. The Labute approximate surface area is 185 Å². The van der Waals surface area contributed by atoms with Crippen LogP contribution in [0.15, 0.2) is 54.1 Å². The van der Waals surface area contributed by atoms with Gasteiger partial charge in [0.05, 0.1) is 11.7 Å². The van der Waals surface area contributed by atoms with E-state index in [1.54, 1.807) is 55.6 Å². The number of likely N-dealkylation sites (tertiary alicyclic amines) is 1. The SMILES string of the molecule is Cc1ccc(C(O)=C2C(=O)C(=O)N(CC3CCCO3)[C@@]23C(=O)N(C)c2ccccc23)cc1. The van der Waals surface area contributed by atoms with Gasteiger partial charge in [0, 0.05) is 37.0 Å². The summed E-state index contributed by atoms with van der Waals surface area (Å²) in [5, 5.41) is 11.3. The minimum Gasteiger partial charge on any atom is -0.507 e. The van der Waals surface area contributed by atoms with Crippen LogP contribution in [0, 0.1) is 6.92 Å². The van der Waals surface area contributed by atoms with Crippen LogP contribution in [0.25, 0.3) is 5.76 Å². The number of para-hydroxylation sites is 1. The van der Waals surface area contributed by atoms with Gasteiger partial charge in [-0.25, -0.2) is 0 Å². The molecule has 0 bridgehead atoms. The molecule has 7 heteroatoms. The number of aliphatic hydroxyl groups is 1. The standard InChI is InChI=1S/C25H24N2O5/c1-15-9-11-16(12-10-15)21(28)20-22(29)23(30)27(14-17-6-5-13-32-17)25(20)18-7-3-4-8-19(18)26(2)24(25)31/h3-4,7-12,17,28H,5-6,13-14H2,1-2H3/t17?,25-/m1/s1. The molecule has 3 aliphatic rings. The van der Waals surface area contributed by atoms with Crippen LogP contribution in [0.1, 0.15) is 29.5 Å². The van der Waals surface area contributed by atoms with Crippen LogP contribution in [-0.4, -0.2) is 53.9 Å². The van der Waals surface area contributed by atoms with Gasteiger partial charge in [0.2, 0.25) is 0 Å². The second kappa shape index (κ2) is 7.31. The van der Waals surface area contributed by atoms with E-state index >= 15 is 0 Å². The van der Waals surface area contributed by atoms with Crippen LogP contribution < -0.4 is 4.90 Å². The van der Waals surface area contributed by atoms with E-state index in [9.17, 15) is 19.5 Å². The smallest absolute Gasteiger partial charge is 0.296 e. The summed E-state index contributed by atoms with van der Waals surface area (Å²) in [6.07, 6.45) is 1.33. The molecule has 1 spiro atoms. The van der Waals surface area contributed by atoms with Crippen molar-refractivity contribution in [3.05, 3.63) is 70.8 Å². The van der Waals surface area contributed by atoms with E-state index in [4.69, 9.17) is 4.74 Å². The molecule has 0 aliphatic carbocycles. The van der Waals surface area contributed by atoms with Crippen LogP contribution in [-0.2, 0) is 24.7 Å². The number of aryl methyl sites for hydroxylation is 1. The Morgan fingerprint density at radius 2 is 1.84 bits per heavy atom. The van der Waals surface area contributed by atoms with Gasteiger partial charge in [-0.2, -0.15) is 0 Å². The molecule has 164 valence electrons. The Balaban J connectivity index is 1.79. The number of amides is 2. The van der Waals surface area contributed by atoms with Crippen molar-refractivity contribution in [2.75, 3.05) is 25.1 Å². The lowest BCUT2D eigenvalue weighted by atomic mass is 9.81. The van der Waals surface area contributed by atoms with Crippen molar-refractivity contribution in [1.82, 2.24) is 4.90 Å². The second-order valence-corrected chi connectivity index (χ2v) is 8.56. The fourth-order valence-corrected chi connectivity index (χ4v) is 5.07. The van der Waals surface area contributed by atoms with Gasteiger partial charge in [-0.1, -0.05) is 48.0 Å². The first kappa shape index (κ1) is 20.5. The molecule has 2 amide bonds. The largest absolute Gasteiger partial charge is 0.507 e. The maximum Gasteiger partial charge on any atom is 0.296 e. The molecule has 3 heterocycles. The Hall–Kier alpha value is -3.45. The van der Waals surface area contributed by atoms with E-state index < -0.39 is 23.1 Å². The maximum atomic E-state index is 13.9. The lowest BCUT2D eigenvalue weighted by Gasteiger charge is -2.35. The number of Topliss-reactive ketones (excluding diaryl/α,β-unsaturated/α-hetero) is 1. The third-order valence-corrected chi connectivity index (χ3v) is 6.67. The Bertz CT molecular complexity index is 1160. The van der Waals surface area contributed by atoms with Crippen LogP contribution in [0.3, 0.4) is 0 Å². The van der Waals surface area contributed by atoms with Gasteiger partial charge in [0.15, 0.2) is 5.54 Å². The lowest BCUT2D eigenvalue weighted by molar-refractivity contribution is -0.145. The first-order chi connectivity index (χ1) is 15.4. The first-order valence-corrected chi connectivity index (χ1v) is 10.7. The Morgan fingerprint density at radius 1 is 1.12 bits per heavy atom. The number of rotatable bonds is 3. The first-order valence-electron chi connectivity index (χ1n) is 10.7. The number of fused-ring (bicyclic) bond motifs is 2. The summed E-state index contributed by atoms with van der Waals surface area (Å²) in [7, 11) is 1.62. The number of aliphatic hydroxyl groups excluding tert-OH is 1. The second-order valence-electron chi connectivity index (χ2n) is 8.56. The van der Waals surface area contributed by atoms with E-state index in [1.807, 2.05) is 6.92 Å². The Morgan fingerprint density at radius 3 is 2.53 bits per heavy atom. The molecule has 2 aromatic rings. The molecule has 2 aromatic carbocycles. The quantitative estimate of drug-likeness (QED) is 0.458. The third-order valence-electron chi connectivity index (χ3n) is 6.67. The third kappa shape index (κ3) is 2.67. The lowest BCUT2D eigenvalue weighted by Crippen LogP contribution is -2.53. The van der Waals surface area contributed by atoms with Crippen molar-refractivity contribution in [3.63, 3.8) is 0 Å². The van der Waals surface area contributed by atoms with E-state index in [-0.39, 0.29) is 24.0 Å². The van der Waals surface area contributed by atoms with Gasteiger partial charge in [-0.05, 0) is 25.8 Å². The van der Waals surface area contributed by atoms with Crippen molar-refractivity contribution in [3.8, 4) is 0 Å². The van der Waals surface area contributed by atoms with Crippen LogP contribution in [0.5, 0.6) is 0 Å². The molecule has 32 heavy (non-hydrogen) atoms. The van der Waals surface area contributed by atoms with Crippen molar-refractivity contribution in [1.29, 1.82) is 0 Å². The van der Waals surface area contributed by atoms with Gasteiger partial charge in [-0.15, -0.1) is 0 Å². The zero-order valence-corrected chi connectivity index (χ0v) is 18.0. The summed E-state index contributed by atoms with van der Waals surface area (Å²) in [5.74, 6) is -2.45. The number of ether oxygens (including phenoxy) is 1. The minimum absolute atomic E-state index is 0.100. The van der Waals surface area contributed by atoms with Crippen LogP contribution in [0.4, 0.5) is 5.69 Å². The molecule has 7 nitrogen and oxygen atoms in total. The normalized spacial score (nSPS) is 26.4. The number of carbonyl (C=O) groups excluding carboxylic acids is 3. The average molecular weight is 432 g/mol. The van der Waals surface area contributed by atoms with Crippen molar-refractivity contribution >= 4 is 29.0 Å². The van der Waals surface area contributed by atoms with Gasteiger partial charge < -0.3 is 19.6 Å². The molecular weight excluding hydrogens is 408 g/mol. The van der Waals surface area contributed by atoms with E-state index in [1.165, 1.54) is 9.80 Å². The number of carbonyl (C=O) groups is 3. The number of ketones is 1. The molecule has 2 atom stereocenters. The molecule has 0 aromatic heterocycles. The molecular formula is C25H24N2O5. The molecule has 2 fully saturated rings. The Kier molecular flexibility index (Phi) is 4.67. The summed E-state index contributed by atoms with van der Waals surface area (Å²) >= 11 is 0. The highest BCUT2D eigenvalue weighted by molar-refractivity contribution is 6.50. The monoisotopic (exact) mass is 432 g/mol. The number of hydrogen-bond donors (Lipinski definition) is 1. The molecule has 3 aliphatic heterocycles. The molecule has 0 saturated carbocycles. The van der Waals surface area contributed by atoms with Gasteiger partial charge in [0.1, 0.15) is 5.76 Å². The summed E-state index contributed by atoms with van der Waals surface area (Å²) in [6, 6.07) is 14.1. The average Bonchev–Trinajstić information content (AvgIpc) is 3.45. The van der Waals surface area contributed by atoms with Crippen molar-refractivity contribution < 1.29 is 24.2 Å². The molecule has 1 N–H and O–H groups in total. The van der Waals surface area contributed by atoms with Crippen molar-refractivity contribution in [2.24, 2.45) is 0 Å². The van der Waals surface area contributed by atoms with Crippen molar-refractivity contribution in [2.45, 2.75) is 31.4 Å². The summed E-state index contributed by atoms with van der Waals surface area (Å²) in [6.45, 7) is 2.59. The maximum absolute atomic E-state index is 13.9. The number of benzene rings is 2. The molecule has 1 unspecified atom stereocenters. The van der Waals surface area contributed by atoms with E-state index in [0.717, 1.165) is 18.4 Å². The summed E-state index contributed by atoms with van der Waals surface area (Å²) in [5.41, 5.74) is 0.568. The highest BCUT2D eigenvalue weighted by Crippen LogP contribution is 2.53. The fraction of sp³-hybridized carbons (Fsp3) is 0.320. The highest BCUT2D eigenvalue weighted by atomic mass is 16.5. The topological polar surface area (TPSA) is 87.1 Å². The van der Waals surface area contributed by atoms with Crippen LogP contribution in [0.2, 0.25) is 0 Å². The zero-order valence-electron chi connectivity index (χ0n) is 18.0. The van der Waals surface area contributed by atoms with E-state index in [2.05, 4.69) is 0 Å². The number of nitrogens with zero attached hydrogens (tertiary/aromatic N) is 2. The summed E-state index contributed by atoms with van der Waals surface area (Å²) < 4.78 is 5.74. The molecule has 5 rings (SSSR count). The number of anilines is 1. The minimum atomic E-state index is -1.72. The number of hydrogen-bond acceptors (Lipinski definition) is 5. The number of likely N-dealkylation sites (N-methyl/N-ethyl adjacent to an activating group) is 1. The fourth-order valence-electron chi connectivity index (χ4n) is 5.07. The molecule has 0 radical (unpaired) electrons. The zero-order chi connectivity index (χ0) is 22.6. The van der Waals surface area contributed by atoms with Gasteiger partial charge in [-0.3, -0.25) is 14.4 Å².